The van der Waals surface area contributed by atoms with Crippen molar-refractivity contribution < 1.29 is 4.79 Å². The number of nitrogens with one attached hydrogen (secondary N) is 1. The molecule has 4 heteroatoms. The molecule has 3 nitrogen and oxygen atoms in total. The third kappa shape index (κ3) is 2.51. The van der Waals surface area contributed by atoms with E-state index in [0.29, 0.717) is 5.92 Å². The van der Waals surface area contributed by atoms with E-state index in [4.69, 9.17) is 0 Å². The number of nitrogens with zero attached hydrogens (tertiary/aromatic N) is 1. The molecule has 1 fully saturated rings. The second kappa shape index (κ2) is 5.55. The van der Waals surface area contributed by atoms with Crippen molar-refractivity contribution in [2.24, 2.45) is 0 Å². The molecule has 2 atom stereocenters. The first-order valence-corrected chi connectivity index (χ1v) is 7.95. The van der Waals surface area contributed by atoms with Gasteiger partial charge in [0.25, 0.3) is 0 Å². The molecule has 1 N–H and O–H groups in total. The molecule has 0 bridgehead atoms. The molecular formula is C15H20N2OS. The van der Waals surface area contributed by atoms with Crippen LogP contribution in [0.1, 0.15) is 24.3 Å². The predicted molar refractivity (Wildman–Crippen MR) is 78.6 cm³/mol. The van der Waals surface area contributed by atoms with Crippen molar-refractivity contribution in [3.05, 3.63) is 29.8 Å². The highest BCUT2D eigenvalue weighted by Gasteiger charge is 2.33. The van der Waals surface area contributed by atoms with Crippen molar-refractivity contribution >= 4 is 17.7 Å². The van der Waals surface area contributed by atoms with E-state index in [9.17, 15) is 4.79 Å². The Kier molecular flexibility index (Phi) is 3.80. The summed E-state index contributed by atoms with van der Waals surface area (Å²) in [5.41, 5.74) is 1.47. The maximum atomic E-state index is 11.9. The summed E-state index contributed by atoms with van der Waals surface area (Å²) in [5.74, 6) is 1.90. The van der Waals surface area contributed by atoms with Crippen LogP contribution >= 0.6 is 11.8 Å². The lowest BCUT2D eigenvalue weighted by Gasteiger charge is -2.26. The molecule has 0 saturated carbocycles. The third-order valence-corrected chi connectivity index (χ3v) is 5.42. The number of hydrogen-bond acceptors (Lipinski definition) is 3. The number of carbonyl (C=O) groups is 1. The van der Waals surface area contributed by atoms with Gasteiger partial charge < -0.3 is 5.32 Å². The Balaban J connectivity index is 1.71. The van der Waals surface area contributed by atoms with Gasteiger partial charge in [-0.1, -0.05) is 18.2 Å². The molecular weight excluding hydrogens is 256 g/mol. The predicted octanol–water partition coefficient (Wildman–Crippen LogP) is 2.09. The van der Waals surface area contributed by atoms with Gasteiger partial charge in [-0.15, -0.1) is 11.8 Å². The van der Waals surface area contributed by atoms with Crippen LogP contribution in [0.4, 0.5) is 0 Å². The number of amides is 1. The summed E-state index contributed by atoms with van der Waals surface area (Å²) in [7, 11) is 1.74. The van der Waals surface area contributed by atoms with Gasteiger partial charge in [-0.3, -0.25) is 9.69 Å². The van der Waals surface area contributed by atoms with Gasteiger partial charge in [-0.05, 0) is 31.0 Å². The van der Waals surface area contributed by atoms with E-state index in [2.05, 4.69) is 34.5 Å². The molecule has 0 radical (unpaired) electrons. The minimum Gasteiger partial charge on any atom is -0.358 e. The van der Waals surface area contributed by atoms with Crippen molar-refractivity contribution in [1.29, 1.82) is 0 Å². The fourth-order valence-corrected chi connectivity index (χ4v) is 4.41. The van der Waals surface area contributed by atoms with E-state index in [-0.39, 0.29) is 11.9 Å². The Hall–Kier alpha value is -1.00. The van der Waals surface area contributed by atoms with E-state index in [1.165, 1.54) is 10.5 Å². The zero-order chi connectivity index (χ0) is 13.2. The van der Waals surface area contributed by atoms with Crippen LogP contribution in [0.2, 0.25) is 0 Å². The highest BCUT2D eigenvalue weighted by molar-refractivity contribution is 7.99. The molecule has 2 aliphatic heterocycles. The fraction of sp³-hybridized carbons (Fsp3) is 0.533. The molecule has 102 valence electrons. The number of rotatable bonds is 3. The standard InChI is InChI=1S/C15H20N2OS/c1-16-15(18)13-6-4-8-17(13)9-11-10-19-14-7-3-2-5-12(11)14/h2-3,5,7,11,13H,4,6,8-10H2,1H3,(H,16,18). The molecule has 0 aromatic heterocycles. The average molecular weight is 276 g/mol. The van der Waals surface area contributed by atoms with Crippen LogP contribution in [-0.4, -0.2) is 42.7 Å². The van der Waals surface area contributed by atoms with Gasteiger partial charge in [0.1, 0.15) is 0 Å². The molecule has 1 aromatic carbocycles. The lowest BCUT2D eigenvalue weighted by atomic mass is 10.0. The molecule has 2 aliphatic rings. The number of benzene rings is 1. The number of likely N-dealkylation sites (N-methyl/N-ethyl adjacent to an activating group) is 1. The van der Waals surface area contributed by atoms with E-state index in [1.807, 2.05) is 11.8 Å². The Morgan fingerprint density at radius 3 is 3.16 bits per heavy atom. The van der Waals surface area contributed by atoms with Gasteiger partial charge in [-0.25, -0.2) is 0 Å². The first-order chi connectivity index (χ1) is 9.29. The minimum atomic E-state index is 0.0859. The summed E-state index contributed by atoms with van der Waals surface area (Å²) in [6, 6.07) is 8.77. The highest BCUT2D eigenvalue weighted by Crippen LogP contribution is 2.40. The second-order valence-corrected chi connectivity index (χ2v) is 6.37. The van der Waals surface area contributed by atoms with Crippen LogP contribution in [0, 0.1) is 0 Å². The van der Waals surface area contributed by atoms with Crippen LogP contribution in [-0.2, 0) is 4.79 Å². The van der Waals surface area contributed by atoms with Gasteiger partial charge in [0.2, 0.25) is 5.91 Å². The maximum absolute atomic E-state index is 11.9. The minimum absolute atomic E-state index is 0.0859. The third-order valence-electron chi connectivity index (χ3n) is 4.17. The molecule has 2 heterocycles. The Bertz CT molecular complexity index is 477. The lowest BCUT2D eigenvalue weighted by molar-refractivity contribution is -0.125. The van der Waals surface area contributed by atoms with Crippen LogP contribution in [0.5, 0.6) is 0 Å². The van der Waals surface area contributed by atoms with Crippen LogP contribution in [0.3, 0.4) is 0 Å². The average Bonchev–Trinajstić information content (AvgIpc) is 3.06. The van der Waals surface area contributed by atoms with Crippen molar-refractivity contribution in [3.63, 3.8) is 0 Å². The first kappa shape index (κ1) is 13.0. The van der Waals surface area contributed by atoms with Gasteiger partial charge >= 0.3 is 0 Å². The number of likely N-dealkylation sites (tertiary alicyclic amines) is 1. The van der Waals surface area contributed by atoms with Crippen LogP contribution < -0.4 is 5.32 Å². The normalized spacial score (nSPS) is 26.4. The molecule has 1 saturated heterocycles. The number of hydrogen-bond donors (Lipinski definition) is 1. The number of thioether (sulfide) groups is 1. The molecule has 0 spiro atoms. The topological polar surface area (TPSA) is 32.3 Å². The van der Waals surface area contributed by atoms with Crippen LogP contribution in [0.25, 0.3) is 0 Å². The fourth-order valence-electron chi connectivity index (χ4n) is 3.17. The van der Waals surface area contributed by atoms with Crippen molar-refractivity contribution in [2.75, 3.05) is 25.9 Å². The first-order valence-electron chi connectivity index (χ1n) is 6.97. The number of fused-ring (bicyclic) bond motifs is 1. The van der Waals surface area contributed by atoms with E-state index >= 15 is 0 Å². The Morgan fingerprint density at radius 2 is 2.32 bits per heavy atom. The Morgan fingerprint density at radius 1 is 1.47 bits per heavy atom. The molecule has 0 aliphatic carbocycles. The van der Waals surface area contributed by atoms with E-state index in [1.54, 1.807) is 7.05 Å². The summed E-state index contributed by atoms with van der Waals surface area (Å²) in [4.78, 5) is 15.7. The summed E-state index contributed by atoms with van der Waals surface area (Å²) < 4.78 is 0. The molecule has 1 amide bonds. The van der Waals surface area contributed by atoms with E-state index in [0.717, 1.165) is 31.7 Å². The maximum Gasteiger partial charge on any atom is 0.237 e. The zero-order valence-corrected chi connectivity index (χ0v) is 12.1. The van der Waals surface area contributed by atoms with Gasteiger partial charge in [0, 0.05) is 30.2 Å². The monoisotopic (exact) mass is 276 g/mol. The SMILES string of the molecule is CNC(=O)C1CCCN1CC1CSc2ccccc21. The van der Waals surface area contributed by atoms with Crippen molar-refractivity contribution in [1.82, 2.24) is 10.2 Å². The number of carbonyl (C=O) groups excluding carboxylic acids is 1. The van der Waals surface area contributed by atoms with Gasteiger partial charge in [-0.2, -0.15) is 0 Å². The van der Waals surface area contributed by atoms with Gasteiger partial charge in [0.05, 0.1) is 6.04 Å². The summed E-state index contributed by atoms with van der Waals surface area (Å²) in [6.07, 6.45) is 2.14. The highest BCUT2D eigenvalue weighted by atomic mass is 32.2. The molecule has 2 unspecified atom stereocenters. The Labute approximate surface area is 118 Å². The quantitative estimate of drug-likeness (QED) is 0.917. The second-order valence-electron chi connectivity index (χ2n) is 5.31. The van der Waals surface area contributed by atoms with Crippen molar-refractivity contribution in [3.8, 4) is 0 Å². The largest absolute Gasteiger partial charge is 0.358 e. The smallest absolute Gasteiger partial charge is 0.237 e. The van der Waals surface area contributed by atoms with Crippen molar-refractivity contribution in [2.45, 2.75) is 29.7 Å². The van der Waals surface area contributed by atoms with E-state index < -0.39 is 0 Å². The zero-order valence-electron chi connectivity index (χ0n) is 11.3. The summed E-state index contributed by atoms with van der Waals surface area (Å²) >= 11 is 1.95. The molecule has 3 rings (SSSR count). The summed E-state index contributed by atoms with van der Waals surface area (Å²) in [5, 5.41) is 2.80. The molecule has 19 heavy (non-hydrogen) atoms. The van der Waals surface area contributed by atoms with Crippen LogP contribution in [0.15, 0.2) is 29.2 Å². The van der Waals surface area contributed by atoms with Gasteiger partial charge in [0.15, 0.2) is 0 Å². The molecule has 1 aromatic rings. The lowest BCUT2D eigenvalue weighted by Crippen LogP contribution is -2.43. The summed E-state index contributed by atoms with van der Waals surface area (Å²) in [6.45, 7) is 2.07.